The van der Waals surface area contributed by atoms with Crippen LogP contribution >= 0.6 is 23.2 Å². The van der Waals surface area contributed by atoms with Crippen molar-refractivity contribution in [1.29, 1.82) is 0 Å². The lowest BCUT2D eigenvalue weighted by Gasteiger charge is -2.10. The summed E-state index contributed by atoms with van der Waals surface area (Å²) >= 11 is 12.2. The topological polar surface area (TPSA) is 17.8 Å². The Balaban J connectivity index is 2.37. The quantitative estimate of drug-likeness (QED) is 0.618. The number of aromatic nitrogens is 2. The molecule has 0 N–H and O–H groups in total. The monoisotopic (exact) mass is 308 g/mol. The number of nitrogens with zero attached hydrogens (tertiary/aromatic N) is 2. The minimum atomic E-state index is -0.348. The zero-order valence-electron chi connectivity index (χ0n) is 10.7. The first-order chi connectivity index (χ1) is 9.60. The van der Waals surface area contributed by atoms with Crippen LogP contribution in [0.1, 0.15) is 11.4 Å². The molecular formula is C15H11Cl2FN2. The van der Waals surface area contributed by atoms with Crippen LogP contribution in [-0.2, 0) is 5.88 Å². The molecule has 102 valence electrons. The molecule has 0 bridgehead atoms. The van der Waals surface area contributed by atoms with E-state index in [1.165, 1.54) is 18.2 Å². The molecule has 2 nitrogen and oxygen atoms in total. The second-order valence-corrected chi connectivity index (χ2v) is 5.26. The number of benzene rings is 2. The molecule has 0 fully saturated rings. The molecule has 3 aromatic rings. The summed E-state index contributed by atoms with van der Waals surface area (Å²) < 4.78 is 15.3. The van der Waals surface area contributed by atoms with Gasteiger partial charge in [0.2, 0.25) is 0 Å². The molecule has 3 rings (SSSR count). The second-order valence-electron chi connectivity index (χ2n) is 4.58. The van der Waals surface area contributed by atoms with Gasteiger partial charge in [-0.1, -0.05) is 17.7 Å². The van der Waals surface area contributed by atoms with Crippen LogP contribution < -0.4 is 0 Å². The average Bonchev–Trinajstić information content (AvgIpc) is 2.78. The fourth-order valence-corrected chi connectivity index (χ4v) is 2.64. The number of rotatable bonds is 2. The van der Waals surface area contributed by atoms with Gasteiger partial charge < -0.3 is 0 Å². The van der Waals surface area contributed by atoms with Gasteiger partial charge in [-0.15, -0.1) is 11.6 Å². The van der Waals surface area contributed by atoms with E-state index in [1.54, 1.807) is 4.57 Å². The third-order valence-corrected chi connectivity index (χ3v) is 3.71. The van der Waals surface area contributed by atoms with Crippen LogP contribution in [0.3, 0.4) is 0 Å². The van der Waals surface area contributed by atoms with Gasteiger partial charge in [0.25, 0.3) is 0 Å². The molecule has 0 amide bonds. The standard InChI is InChI=1S/C15H11Cl2FN2/c1-9-2-5-13-12(6-9)19-15(8-16)20(13)14-7-10(18)3-4-11(14)17/h2-7H,8H2,1H3. The van der Waals surface area contributed by atoms with Crippen molar-refractivity contribution in [1.82, 2.24) is 9.55 Å². The number of hydrogen-bond donors (Lipinski definition) is 0. The third kappa shape index (κ3) is 2.17. The van der Waals surface area contributed by atoms with Crippen molar-refractivity contribution < 1.29 is 4.39 Å². The molecule has 2 aromatic carbocycles. The minimum absolute atomic E-state index is 0.223. The summed E-state index contributed by atoms with van der Waals surface area (Å²) in [5, 5.41) is 0.456. The van der Waals surface area contributed by atoms with E-state index in [-0.39, 0.29) is 11.7 Å². The smallest absolute Gasteiger partial charge is 0.129 e. The normalized spacial score (nSPS) is 11.2. The van der Waals surface area contributed by atoms with E-state index in [2.05, 4.69) is 4.98 Å². The van der Waals surface area contributed by atoms with E-state index in [1.807, 2.05) is 25.1 Å². The van der Waals surface area contributed by atoms with Crippen LogP contribution in [-0.4, -0.2) is 9.55 Å². The van der Waals surface area contributed by atoms with Gasteiger partial charge in [-0.25, -0.2) is 9.37 Å². The molecule has 20 heavy (non-hydrogen) atoms. The van der Waals surface area contributed by atoms with Crippen LogP contribution in [0.15, 0.2) is 36.4 Å². The lowest BCUT2D eigenvalue weighted by atomic mass is 10.2. The van der Waals surface area contributed by atoms with Crippen LogP contribution in [0.5, 0.6) is 0 Å². The van der Waals surface area contributed by atoms with Crippen LogP contribution in [0, 0.1) is 12.7 Å². The predicted molar refractivity (Wildman–Crippen MR) is 80.3 cm³/mol. The average molecular weight is 309 g/mol. The second kappa shape index (κ2) is 5.08. The van der Waals surface area contributed by atoms with E-state index in [4.69, 9.17) is 23.2 Å². The molecule has 0 saturated carbocycles. The highest BCUT2D eigenvalue weighted by molar-refractivity contribution is 6.32. The number of imidazole rings is 1. The number of halogens is 3. The summed E-state index contributed by atoms with van der Waals surface area (Å²) in [4.78, 5) is 4.49. The first-order valence-corrected chi connectivity index (χ1v) is 7.01. The van der Waals surface area contributed by atoms with Gasteiger partial charge in [-0.2, -0.15) is 0 Å². The SMILES string of the molecule is Cc1ccc2c(c1)nc(CCl)n2-c1cc(F)ccc1Cl. The fraction of sp³-hybridized carbons (Fsp3) is 0.133. The van der Waals surface area contributed by atoms with Crippen molar-refractivity contribution in [2.24, 2.45) is 0 Å². The molecule has 0 aliphatic rings. The van der Waals surface area contributed by atoms with E-state index in [0.717, 1.165) is 16.6 Å². The Kier molecular flexibility index (Phi) is 3.40. The van der Waals surface area contributed by atoms with Crippen molar-refractivity contribution in [2.45, 2.75) is 12.8 Å². The van der Waals surface area contributed by atoms with E-state index in [9.17, 15) is 4.39 Å². The molecule has 0 aliphatic heterocycles. The molecular weight excluding hydrogens is 298 g/mol. The fourth-order valence-electron chi connectivity index (χ4n) is 2.26. The van der Waals surface area contributed by atoms with Crippen molar-refractivity contribution in [3.05, 3.63) is 58.6 Å². The van der Waals surface area contributed by atoms with Crippen LogP contribution in [0.2, 0.25) is 5.02 Å². The molecule has 1 heterocycles. The molecule has 0 aliphatic carbocycles. The van der Waals surface area contributed by atoms with Crippen LogP contribution in [0.25, 0.3) is 16.7 Å². The van der Waals surface area contributed by atoms with Crippen molar-refractivity contribution in [3.8, 4) is 5.69 Å². The number of hydrogen-bond acceptors (Lipinski definition) is 1. The van der Waals surface area contributed by atoms with E-state index < -0.39 is 0 Å². The summed E-state index contributed by atoms with van der Waals surface area (Å²) in [5.74, 6) is 0.513. The predicted octanol–water partition coefficient (Wildman–Crippen LogP) is 4.87. The number of aryl methyl sites for hydroxylation is 1. The summed E-state index contributed by atoms with van der Waals surface area (Å²) in [6.45, 7) is 1.99. The molecule has 0 atom stereocenters. The van der Waals surface area contributed by atoms with Gasteiger partial charge in [-0.05, 0) is 42.8 Å². The Labute approximate surface area is 125 Å². The van der Waals surface area contributed by atoms with Gasteiger partial charge in [0.05, 0.1) is 27.6 Å². The Morgan fingerprint density at radius 2 is 2.00 bits per heavy atom. The molecule has 0 spiro atoms. The maximum atomic E-state index is 13.5. The van der Waals surface area contributed by atoms with Gasteiger partial charge in [-0.3, -0.25) is 4.57 Å². The molecule has 5 heteroatoms. The molecule has 1 aromatic heterocycles. The maximum absolute atomic E-state index is 13.5. The third-order valence-electron chi connectivity index (χ3n) is 3.15. The highest BCUT2D eigenvalue weighted by atomic mass is 35.5. The Morgan fingerprint density at radius 1 is 1.20 bits per heavy atom. The largest absolute Gasteiger partial charge is 0.294 e. The molecule has 0 unspecified atom stereocenters. The van der Waals surface area contributed by atoms with Crippen LogP contribution in [0.4, 0.5) is 4.39 Å². The van der Waals surface area contributed by atoms with Gasteiger partial charge in [0.15, 0.2) is 0 Å². The number of alkyl halides is 1. The summed E-state index contributed by atoms with van der Waals surface area (Å²) in [6.07, 6.45) is 0. The summed E-state index contributed by atoms with van der Waals surface area (Å²) in [5.41, 5.74) is 3.34. The first kappa shape index (κ1) is 13.4. The van der Waals surface area contributed by atoms with Gasteiger partial charge >= 0.3 is 0 Å². The minimum Gasteiger partial charge on any atom is -0.294 e. The Hall–Kier alpha value is -1.58. The summed E-state index contributed by atoms with van der Waals surface area (Å²) in [7, 11) is 0. The number of fused-ring (bicyclic) bond motifs is 1. The maximum Gasteiger partial charge on any atom is 0.129 e. The van der Waals surface area contributed by atoms with Crippen molar-refractivity contribution in [2.75, 3.05) is 0 Å². The Bertz CT molecular complexity index is 796. The zero-order valence-corrected chi connectivity index (χ0v) is 12.2. The van der Waals surface area contributed by atoms with Gasteiger partial charge in [0.1, 0.15) is 11.6 Å². The zero-order chi connectivity index (χ0) is 14.3. The highest BCUT2D eigenvalue weighted by Gasteiger charge is 2.14. The highest BCUT2D eigenvalue weighted by Crippen LogP contribution is 2.28. The van der Waals surface area contributed by atoms with Crippen molar-refractivity contribution in [3.63, 3.8) is 0 Å². The van der Waals surface area contributed by atoms with E-state index in [0.29, 0.717) is 16.5 Å². The van der Waals surface area contributed by atoms with E-state index >= 15 is 0 Å². The molecule has 0 saturated heterocycles. The summed E-state index contributed by atoms with van der Waals surface area (Å²) in [6, 6.07) is 10.1. The first-order valence-electron chi connectivity index (χ1n) is 6.09. The lowest BCUT2D eigenvalue weighted by molar-refractivity contribution is 0.626. The van der Waals surface area contributed by atoms with Gasteiger partial charge in [0, 0.05) is 0 Å². The lowest BCUT2D eigenvalue weighted by Crippen LogP contribution is -2.00. The van der Waals surface area contributed by atoms with Crippen molar-refractivity contribution >= 4 is 34.2 Å². The molecule has 0 radical (unpaired) electrons. The Morgan fingerprint density at radius 3 is 2.75 bits per heavy atom.